The molecule has 2 aliphatic rings. The molecule has 2 heterocycles. The van der Waals surface area contributed by atoms with Crippen LogP contribution >= 0.6 is 0 Å². The Bertz CT molecular complexity index is 2880. The van der Waals surface area contributed by atoms with Crippen LogP contribution in [0.4, 0.5) is 4.79 Å². The highest BCUT2D eigenvalue weighted by Crippen LogP contribution is 2.37. The summed E-state index contributed by atoms with van der Waals surface area (Å²) >= 11 is 0. The number of nitrogens with zero attached hydrogens (tertiary/aromatic N) is 3. The summed E-state index contributed by atoms with van der Waals surface area (Å²) < 4.78 is 62.0. The molecule has 0 aliphatic carbocycles. The minimum atomic E-state index is -1.74. The normalized spacial score (nSPS) is 20.9. The van der Waals surface area contributed by atoms with Crippen LogP contribution in [0.1, 0.15) is 119 Å². The van der Waals surface area contributed by atoms with Crippen LogP contribution in [-0.2, 0) is 98.8 Å². The van der Waals surface area contributed by atoms with E-state index in [2.05, 4.69) is 11.2 Å². The molecule has 2 saturated heterocycles. The Labute approximate surface area is 534 Å². The molecular formula is C66H94N4O21. The lowest BCUT2D eigenvalue weighted by Crippen LogP contribution is -2.64. The van der Waals surface area contributed by atoms with Gasteiger partial charge < -0.3 is 67.2 Å². The van der Waals surface area contributed by atoms with Crippen molar-refractivity contribution in [2.45, 2.75) is 188 Å². The summed E-state index contributed by atoms with van der Waals surface area (Å²) in [7, 11) is 8.32. The Morgan fingerprint density at radius 3 is 1.98 bits per heavy atom. The van der Waals surface area contributed by atoms with Gasteiger partial charge in [-0.2, -0.15) is 0 Å². The third-order valence-corrected chi connectivity index (χ3v) is 16.7. The van der Waals surface area contributed by atoms with E-state index in [1.807, 2.05) is 44.2 Å². The van der Waals surface area contributed by atoms with Gasteiger partial charge in [-0.3, -0.25) is 43.3 Å². The standard InChI is InChI=1S/C66H94N4O21/c1-19-31-85-49-32-46(90-63-59(89-43(11)73)57(88-42(10)72)56(87-41(9)71)58(91-63)62(78)83-17)29-28-45(49)36-86-65(80)69(14)53(38(5)6)60(76)67-52(37(3)4)61(77)68(13)54(39(7)20-2)50(81-15)33-51(75)70-30-24-27-47(70)55(82-16)40(8)48(74)35-66(12,64(79)84-18)34-44-25-22-21-23-26-44/h1,21-23,25-26,28-29,32,37-40,47,50,52-59,63H,20,24,27,30-31,33-36H2,2-18H3,(H,67,76)/t39?,40-,47-,50+,52-,53-,54-,55+,56-,57-,58-,59+,63+,66?/m0/s1. The number of ketones is 1. The maximum atomic E-state index is 14.9. The third kappa shape index (κ3) is 20.1. The molecule has 91 heavy (non-hydrogen) atoms. The molecule has 2 aliphatic heterocycles. The second-order valence-electron chi connectivity index (χ2n) is 24.1. The lowest BCUT2D eigenvalue weighted by molar-refractivity contribution is -0.282. The molecule has 25 heteroatoms. The van der Waals surface area contributed by atoms with Gasteiger partial charge in [-0.05, 0) is 61.6 Å². The van der Waals surface area contributed by atoms with Gasteiger partial charge in [0.15, 0.2) is 18.3 Å². The fourth-order valence-electron chi connectivity index (χ4n) is 11.9. The molecule has 25 nitrogen and oxygen atoms in total. The molecule has 2 aromatic carbocycles. The quantitative estimate of drug-likeness (QED) is 0.0514. The van der Waals surface area contributed by atoms with E-state index in [4.69, 9.17) is 58.5 Å². The molecule has 14 atom stereocenters. The fraction of sp³-hybridized carbons (Fsp3) is 0.636. The van der Waals surface area contributed by atoms with E-state index in [9.17, 15) is 47.9 Å². The van der Waals surface area contributed by atoms with Gasteiger partial charge in [0.05, 0.1) is 50.3 Å². The molecule has 2 unspecified atom stereocenters. The van der Waals surface area contributed by atoms with Crippen molar-refractivity contribution in [1.29, 1.82) is 0 Å². The predicted molar refractivity (Wildman–Crippen MR) is 328 cm³/mol. The minimum absolute atomic E-state index is 0.0384. The highest BCUT2D eigenvalue weighted by molar-refractivity contribution is 5.92. The van der Waals surface area contributed by atoms with Crippen molar-refractivity contribution in [1.82, 2.24) is 20.0 Å². The number of benzene rings is 2. The first-order chi connectivity index (χ1) is 42.9. The molecule has 0 saturated carbocycles. The predicted octanol–water partition coefficient (Wildman–Crippen LogP) is 5.81. The Balaban J connectivity index is 1.52. The van der Waals surface area contributed by atoms with Crippen molar-refractivity contribution in [3.05, 3.63) is 59.7 Å². The molecule has 0 radical (unpaired) electrons. The van der Waals surface area contributed by atoms with Crippen molar-refractivity contribution in [2.75, 3.05) is 55.7 Å². The fourth-order valence-corrected chi connectivity index (χ4v) is 11.9. The van der Waals surface area contributed by atoms with Crippen molar-refractivity contribution in [2.24, 2.45) is 29.1 Å². The number of hydrogen-bond acceptors (Lipinski definition) is 21. The van der Waals surface area contributed by atoms with Crippen molar-refractivity contribution in [3.8, 4) is 23.8 Å². The second-order valence-corrected chi connectivity index (χ2v) is 24.1. The number of terminal acetylenes is 1. The van der Waals surface area contributed by atoms with E-state index < -0.39 is 145 Å². The SMILES string of the molecule is C#CCOc1cc(O[C@@H]2O[C@H](C(=O)OC)[C@@H](OC(C)=O)[C@H](OC(C)=O)[C@H]2OC(C)=O)ccc1COC(=O)N(C)[C@H](C(=O)N[C@H](C(=O)N(C)[C@@H](C(C)CC)[C@@H](CC(=O)N1CCC[C@H]1[C@H](OC)[C@@H](C)C(=O)CC(C)(Cc1ccccc1)C(=O)OC)OC)C(C)C)C(C)C. The van der Waals surface area contributed by atoms with Gasteiger partial charge >= 0.3 is 35.9 Å². The van der Waals surface area contributed by atoms with E-state index in [1.54, 1.807) is 53.5 Å². The van der Waals surface area contributed by atoms with Crippen LogP contribution in [0.5, 0.6) is 11.5 Å². The maximum Gasteiger partial charge on any atom is 0.410 e. The summed E-state index contributed by atoms with van der Waals surface area (Å²) in [5.41, 5.74) is -0.0247. The minimum Gasteiger partial charge on any atom is -0.480 e. The number of methoxy groups -OCH3 is 4. The number of esters is 5. The molecule has 0 bridgehead atoms. The third-order valence-electron chi connectivity index (χ3n) is 16.7. The van der Waals surface area contributed by atoms with Crippen LogP contribution in [-0.4, -0.2) is 197 Å². The number of rotatable bonds is 32. The van der Waals surface area contributed by atoms with Crippen LogP contribution in [0.15, 0.2) is 48.5 Å². The van der Waals surface area contributed by atoms with Crippen LogP contribution in [0.2, 0.25) is 0 Å². The molecule has 2 aromatic rings. The molecule has 2 fully saturated rings. The smallest absolute Gasteiger partial charge is 0.410 e. The first-order valence-corrected chi connectivity index (χ1v) is 30.5. The summed E-state index contributed by atoms with van der Waals surface area (Å²) in [6.07, 6.45) is -3.40. The van der Waals surface area contributed by atoms with E-state index in [0.717, 1.165) is 38.3 Å². The van der Waals surface area contributed by atoms with E-state index in [1.165, 1.54) is 51.5 Å². The molecule has 504 valence electrons. The largest absolute Gasteiger partial charge is 0.480 e. The van der Waals surface area contributed by atoms with E-state index in [-0.39, 0.29) is 60.5 Å². The number of carbonyl (C=O) groups excluding carboxylic acids is 10. The van der Waals surface area contributed by atoms with Crippen molar-refractivity contribution < 1.29 is 100 Å². The zero-order valence-corrected chi connectivity index (χ0v) is 55.6. The number of carbonyl (C=O) groups is 10. The van der Waals surface area contributed by atoms with Crippen molar-refractivity contribution >= 4 is 59.4 Å². The Morgan fingerprint density at radius 2 is 1.43 bits per heavy atom. The average Bonchev–Trinajstić information content (AvgIpc) is 0.857. The van der Waals surface area contributed by atoms with Crippen LogP contribution in [0, 0.1) is 41.4 Å². The van der Waals surface area contributed by atoms with Gasteiger partial charge in [-0.1, -0.05) is 91.1 Å². The first-order valence-electron chi connectivity index (χ1n) is 30.5. The number of nitrogens with one attached hydrogen (secondary N) is 1. The topological polar surface area (TPSA) is 294 Å². The molecule has 4 rings (SSSR count). The zero-order chi connectivity index (χ0) is 68.2. The summed E-state index contributed by atoms with van der Waals surface area (Å²) in [6.45, 7) is 17.2. The number of Topliss-reactive ketones (excluding diaryl/α,β-unsaturated/α-hetero) is 1. The average molecular weight is 1280 g/mol. The number of likely N-dealkylation sites (tertiary alicyclic amines) is 1. The molecule has 1 N–H and O–H groups in total. The van der Waals surface area contributed by atoms with Gasteiger partial charge in [0.1, 0.15) is 42.6 Å². The summed E-state index contributed by atoms with van der Waals surface area (Å²) in [5, 5.41) is 2.92. The lowest BCUT2D eigenvalue weighted by Gasteiger charge is -2.43. The van der Waals surface area contributed by atoms with E-state index in [0.29, 0.717) is 25.8 Å². The number of likely N-dealkylation sites (N-methyl/N-ethyl adjacent to an activating group) is 2. The monoisotopic (exact) mass is 1280 g/mol. The number of hydrogen-bond donors (Lipinski definition) is 1. The van der Waals surface area contributed by atoms with Crippen LogP contribution in [0.3, 0.4) is 0 Å². The van der Waals surface area contributed by atoms with Gasteiger partial charge in [0.25, 0.3) is 0 Å². The number of ether oxygens (including phenoxy) is 11. The molecule has 0 aromatic heterocycles. The zero-order valence-electron chi connectivity index (χ0n) is 55.6. The second kappa shape index (κ2) is 35.1. The molecule has 4 amide bonds. The van der Waals surface area contributed by atoms with Gasteiger partial charge in [0, 0.05) is 79.6 Å². The maximum absolute atomic E-state index is 14.9. The van der Waals surface area contributed by atoms with Crippen LogP contribution < -0.4 is 14.8 Å². The van der Waals surface area contributed by atoms with Gasteiger partial charge in [-0.15, -0.1) is 6.42 Å². The Kier molecular flexibility index (Phi) is 29.2. The van der Waals surface area contributed by atoms with Gasteiger partial charge in [0.2, 0.25) is 30.1 Å². The highest BCUT2D eigenvalue weighted by Gasteiger charge is 2.56. The lowest BCUT2D eigenvalue weighted by atomic mass is 9.76. The molecule has 0 spiro atoms. The number of amides is 4. The van der Waals surface area contributed by atoms with Crippen LogP contribution in [0.25, 0.3) is 0 Å². The summed E-state index contributed by atoms with van der Waals surface area (Å²) in [6, 6.07) is 10.1. The summed E-state index contributed by atoms with van der Waals surface area (Å²) in [5.74, 6) is -5.35. The van der Waals surface area contributed by atoms with Crippen molar-refractivity contribution in [3.63, 3.8) is 0 Å². The summed E-state index contributed by atoms with van der Waals surface area (Å²) in [4.78, 5) is 140. The molecular weight excluding hydrogens is 1180 g/mol. The first kappa shape index (κ1) is 75.6. The van der Waals surface area contributed by atoms with E-state index >= 15 is 0 Å². The highest BCUT2D eigenvalue weighted by atomic mass is 16.7. The Hall–Kier alpha value is -7.82. The van der Waals surface area contributed by atoms with Gasteiger partial charge in [-0.25, -0.2) is 9.59 Å². The Morgan fingerprint density at radius 1 is 0.802 bits per heavy atom.